The van der Waals surface area contributed by atoms with Gasteiger partial charge in [-0.25, -0.2) is 4.98 Å². The topological polar surface area (TPSA) is 62.7 Å². The van der Waals surface area contributed by atoms with E-state index >= 15 is 0 Å². The van der Waals surface area contributed by atoms with E-state index < -0.39 is 0 Å². The largest absolute Gasteiger partial charge is 0.325 e. The zero-order valence-electron chi connectivity index (χ0n) is 8.90. The van der Waals surface area contributed by atoms with Gasteiger partial charge < -0.3 is 5.73 Å². The zero-order chi connectivity index (χ0) is 11.5. The number of aryl methyl sites for hydroxylation is 1. The van der Waals surface area contributed by atoms with Crippen molar-refractivity contribution in [1.82, 2.24) is 4.98 Å². The fourth-order valence-corrected chi connectivity index (χ4v) is 2.40. The Morgan fingerprint density at radius 2 is 2.31 bits per heavy atom. The number of nitrogens with two attached hydrogens (primary N) is 1. The Labute approximate surface area is 98.2 Å². The normalized spacial score (nSPS) is 10.1. The van der Waals surface area contributed by atoms with Crippen molar-refractivity contribution < 1.29 is 0 Å². The van der Waals surface area contributed by atoms with Gasteiger partial charge in [-0.3, -0.25) is 0 Å². The fraction of sp³-hybridized carbons (Fsp3) is 0.167. The van der Waals surface area contributed by atoms with Crippen LogP contribution in [-0.2, 0) is 6.54 Å². The zero-order valence-corrected chi connectivity index (χ0v) is 9.71. The van der Waals surface area contributed by atoms with Crippen LogP contribution in [0.1, 0.15) is 16.3 Å². The molecule has 2 N–H and O–H groups in total. The molecule has 0 aliphatic carbocycles. The highest BCUT2D eigenvalue weighted by atomic mass is 32.1. The van der Waals surface area contributed by atoms with Crippen molar-refractivity contribution in [2.24, 2.45) is 5.73 Å². The van der Waals surface area contributed by atoms with Crippen LogP contribution in [0.4, 0.5) is 0 Å². The number of aromatic nitrogens is 1. The van der Waals surface area contributed by atoms with Crippen LogP contribution in [0.5, 0.6) is 0 Å². The molecule has 1 heterocycles. The second-order valence-corrected chi connectivity index (χ2v) is 4.55. The van der Waals surface area contributed by atoms with Crippen LogP contribution in [0.25, 0.3) is 10.4 Å². The molecule has 0 radical (unpaired) electrons. The van der Waals surface area contributed by atoms with Gasteiger partial charge in [0.25, 0.3) is 0 Å². The van der Waals surface area contributed by atoms with E-state index in [1.165, 1.54) is 16.9 Å². The average Bonchev–Trinajstić information content (AvgIpc) is 2.72. The number of nitriles is 1. The molecule has 0 amide bonds. The molecule has 3 nitrogen and oxygen atoms in total. The van der Waals surface area contributed by atoms with E-state index in [-0.39, 0.29) is 0 Å². The van der Waals surface area contributed by atoms with Gasteiger partial charge in [0.1, 0.15) is 11.1 Å². The minimum Gasteiger partial charge on any atom is -0.325 e. The van der Waals surface area contributed by atoms with E-state index in [9.17, 15) is 0 Å². The van der Waals surface area contributed by atoms with Gasteiger partial charge in [-0.15, -0.1) is 11.3 Å². The molecule has 0 atom stereocenters. The van der Waals surface area contributed by atoms with Crippen molar-refractivity contribution in [2.75, 3.05) is 0 Å². The lowest BCUT2D eigenvalue weighted by Gasteiger charge is -1.98. The van der Waals surface area contributed by atoms with Gasteiger partial charge >= 0.3 is 0 Å². The number of benzene rings is 1. The predicted octanol–water partition coefficient (Wildman–Crippen LogP) is 2.45. The highest BCUT2D eigenvalue weighted by molar-refractivity contribution is 7.15. The van der Waals surface area contributed by atoms with Crippen molar-refractivity contribution >= 4 is 11.3 Å². The molecule has 0 unspecified atom stereocenters. The van der Waals surface area contributed by atoms with E-state index in [1.807, 2.05) is 25.1 Å². The second kappa shape index (κ2) is 4.44. The van der Waals surface area contributed by atoms with Gasteiger partial charge in [-0.05, 0) is 12.5 Å². The lowest BCUT2D eigenvalue weighted by molar-refractivity contribution is 1.03. The third kappa shape index (κ3) is 1.96. The van der Waals surface area contributed by atoms with Gasteiger partial charge in [0.15, 0.2) is 5.69 Å². The molecule has 0 aliphatic rings. The summed E-state index contributed by atoms with van der Waals surface area (Å²) in [5, 5.41) is 9.81. The summed E-state index contributed by atoms with van der Waals surface area (Å²) in [6, 6.07) is 10.2. The van der Waals surface area contributed by atoms with Gasteiger partial charge in [0, 0.05) is 6.54 Å². The van der Waals surface area contributed by atoms with Crippen LogP contribution in [0.15, 0.2) is 24.3 Å². The molecule has 0 saturated carbocycles. The Morgan fingerprint density at radius 3 is 2.94 bits per heavy atom. The minimum atomic E-state index is 0.380. The molecule has 16 heavy (non-hydrogen) atoms. The Balaban J connectivity index is 2.55. The maximum Gasteiger partial charge on any atom is 0.159 e. The second-order valence-electron chi connectivity index (χ2n) is 3.47. The first kappa shape index (κ1) is 10.8. The summed E-state index contributed by atoms with van der Waals surface area (Å²) in [5.41, 5.74) is 8.21. The standard InChI is InChI=1S/C12H11N3S/c1-8-3-2-4-9(5-8)12-10(6-13)15-11(7-14)16-12/h2-5H,7,14H2,1H3. The van der Waals surface area contributed by atoms with Crippen molar-refractivity contribution in [1.29, 1.82) is 5.26 Å². The minimum absolute atomic E-state index is 0.380. The van der Waals surface area contributed by atoms with Gasteiger partial charge in [0.05, 0.1) is 4.88 Å². The van der Waals surface area contributed by atoms with E-state index in [4.69, 9.17) is 11.0 Å². The highest BCUT2D eigenvalue weighted by Crippen LogP contribution is 2.30. The van der Waals surface area contributed by atoms with E-state index in [0.29, 0.717) is 12.2 Å². The summed E-state index contributed by atoms with van der Waals surface area (Å²) >= 11 is 1.49. The van der Waals surface area contributed by atoms with Crippen molar-refractivity contribution in [2.45, 2.75) is 13.5 Å². The predicted molar refractivity (Wildman–Crippen MR) is 64.9 cm³/mol. The maximum atomic E-state index is 9.01. The van der Waals surface area contributed by atoms with Crippen molar-refractivity contribution in [3.63, 3.8) is 0 Å². The molecule has 0 saturated heterocycles. The molecule has 0 fully saturated rings. The molecule has 80 valence electrons. The summed E-state index contributed by atoms with van der Waals surface area (Å²) in [4.78, 5) is 5.09. The van der Waals surface area contributed by atoms with Gasteiger partial charge in [-0.2, -0.15) is 5.26 Å². The first-order chi connectivity index (χ1) is 7.74. The molecular formula is C12H11N3S. The summed E-state index contributed by atoms with van der Waals surface area (Å²) < 4.78 is 0. The molecule has 1 aromatic heterocycles. The number of thiazole rings is 1. The summed E-state index contributed by atoms with van der Waals surface area (Å²) in [6.07, 6.45) is 0. The first-order valence-corrected chi connectivity index (χ1v) is 5.73. The monoisotopic (exact) mass is 229 g/mol. The smallest absolute Gasteiger partial charge is 0.159 e. The van der Waals surface area contributed by atoms with Gasteiger partial charge in [-0.1, -0.05) is 29.8 Å². The van der Waals surface area contributed by atoms with Crippen molar-refractivity contribution in [3.05, 3.63) is 40.5 Å². The van der Waals surface area contributed by atoms with E-state index in [0.717, 1.165) is 15.4 Å². The Hall–Kier alpha value is -1.70. The third-order valence-electron chi connectivity index (χ3n) is 2.23. The summed E-state index contributed by atoms with van der Waals surface area (Å²) in [6.45, 7) is 2.41. The van der Waals surface area contributed by atoms with Crippen LogP contribution in [0, 0.1) is 18.3 Å². The highest BCUT2D eigenvalue weighted by Gasteiger charge is 2.11. The molecular weight excluding hydrogens is 218 g/mol. The average molecular weight is 229 g/mol. The molecule has 1 aromatic carbocycles. The van der Waals surface area contributed by atoms with E-state index in [1.54, 1.807) is 0 Å². The summed E-state index contributed by atoms with van der Waals surface area (Å²) in [5.74, 6) is 0. The van der Waals surface area contributed by atoms with Crippen LogP contribution in [-0.4, -0.2) is 4.98 Å². The maximum absolute atomic E-state index is 9.01. The van der Waals surface area contributed by atoms with Gasteiger partial charge in [0.2, 0.25) is 0 Å². The SMILES string of the molecule is Cc1cccc(-c2sc(CN)nc2C#N)c1. The lowest BCUT2D eigenvalue weighted by Crippen LogP contribution is -1.94. The lowest BCUT2D eigenvalue weighted by atomic mass is 10.1. The fourth-order valence-electron chi connectivity index (χ4n) is 1.51. The first-order valence-electron chi connectivity index (χ1n) is 4.91. The molecule has 4 heteroatoms. The Kier molecular flexibility index (Phi) is 3.00. The number of hydrogen-bond acceptors (Lipinski definition) is 4. The molecule has 0 spiro atoms. The summed E-state index contributed by atoms with van der Waals surface area (Å²) in [7, 11) is 0. The third-order valence-corrected chi connectivity index (χ3v) is 3.36. The number of hydrogen-bond donors (Lipinski definition) is 1. The Bertz CT molecular complexity index is 552. The van der Waals surface area contributed by atoms with E-state index in [2.05, 4.69) is 17.1 Å². The number of rotatable bonds is 2. The quantitative estimate of drug-likeness (QED) is 0.860. The van der Waals surface area contributed by atoms with Crippen LogP contribution in [0.3, 0.4) is 0 Å². The van der Waals surface area contributed by atoms with Crippen LogP contribution in [0.2, 0.25) is 0 Å². The molecule has 2 rings (SSSR count). The van der Waals surface area contributed by atoms with Crippen LogP contribution < -0.4 is 5.73 Å². The van der Waals surface area contributed by atoms with Crippen LogP contribution >= 0.6 is 11.3 Å². The molecule has 0 bridgehead atoms. The molecule has 0 aliphatic heterocycles. The molecule has 2 aromatic rings. The number of nitrogens with zero attached hydrogens (tertiary/aromatic N) is 2. The Morgan fingerprint density at radius 1 is 1.50 bits per heavy atom. The van der Waals surface area contributed by atoms with Crippen molar-refractivity contribution in [3.8, 4) is 16.5 Å².